The Morgan fingerprint density at radius 1 is 0.632 bits per heavy atom. The van der Waals surface area contributed by atoms with Gasteiger partial charge in [-0.2, -0.15) is 0 Å². The quantitative estimate of drug-likeness (QED) is 0.856. The minimum Gasteiger partial charge on any atom is -0.246 e. The van der Waals surface area contributed by atoms with Gasteiger partial charge in [0.25, 0.3) is 0 Å². The van der Waals surface area contributed by atoms with Crippen LogP contribution in [0.3, 0.4) is 0 Å². The Morgan fingerprint density at radius 3 is 1.42 bits per heavy atom. The van der Waals surface area contributed by atoms with Gasteiger partial charge < -0.3 is 0 Å². The molecule has 0 radical (unpaired) electrons. The van der Waals surface area contributed by atoms with Gasteiger partial charge in [-0.1, -0.05) is 60.7 Å². The molecule has 2 heteroatoms. The summed E-state index contributed by atoms with van der Waals surface area (Å²) in [5.74, 6) is 0. The Labute approximate surface area is 113 Å². The van der Waals surface area contributed by atoms with Crippen LogP contribution in [0.2, 0.25) is 0 Å². The SMILES string of the molecule is c1ccc(C23CCC(c4ccccc4)(C2)NN3)cc1. The van der Waals surface area contributed by atoms with Crippen LogP contribution in [0.1, 0.15) is 30.4 Å². The number of rotatable bonds is 2. The van der Waals surface area contributed by atoms with Crippen LogP contribution in [0, 0.1) is 0 Å². The number of hydrogen-bond donors (Lipinski definition) is 2. The fraction of sp³-hybridized carbons (Fsp3) is 0.294. The van der Waals surface area contributed by atoms with E-state index in [0.29, 0.717) is 0 Å². The van der Waals surface area contributed by atoms with Crippen LogP contribution in [0.25, 0.3) is 0 Å². The van der Waals surface area contributed by atoms with Gasteiger partial charge in [0.2, 0.25) is 0 Å². The zero-order valence-corrected chi connectivity index (χ0v) is 10.9. The van der Waals surface area contributed by atoms with Crippen molar-refractivity contribution in [3.05, 3.63) is 71.8 Å². The first-order valence-electron chi connectivity index (χ1n) is 6.99. The van der Waals surface area contributed by atoms with E-state index in [1.54, 1.807) is 0 Å². The van der Waals surface area contributed by atoms with Crippen molar-refractivity contribution < 1.29 is 0 Å². The van der Waals surface area contributed by atoms with Gasteiger partial charge in [0.05, 0.1) is 11.1 Å². The lowest BCUT2D eigenvalue weighted by Crippen LogP contribution is -2.48. The Balaban J connectivity index is 1.73. The van der Waals surface area contributed by atoms with E-state index in [-0.39, 0.29) is 11.1 Å². The maximum atomic E-state index is 3.58. The summed E-state index contributed by atoms with van der Waals surface area (Å²) in [6.07, 6.45) is 3.52. The monoisotopic (exact) mass is 250 g/mol. The minimum absolute atomic E-state index is 0.108. The van der Waals surface area contributed by atoms with Crippen LogP contribution < -0.4 is 10.9 Å². The lowest BCUT2D eigenvalue weighted by atomic mass is 9.85. The molecule has 1 saturated carbocycles. The predicted octanol–water partition coefficient (Wildman–Crippen LogP) is 3.07. The van der Waals surface area contributed by atoms with Gasteiger partial charge in [0.1, 0.15) is 0 Å². The molecule has 2 bridgehead atoms. The van der Waals surface area contributed by atoms with Crippen molar-refractivity contribution in [2.45, 2.75) is 30.3 Å². The summed E-state index contributed by atoms with van der Waals surface area (Å²) in [6, 6.07) is 21.6. The Hall–Kier alpha value is -1.64. The summed E-state index contributed by atoms with van der Waals surface area (Å²) in [7, 11) is 0. The van der Waals surface area contributed by atoms with E-state index < -0.39 is 0 Å². The smallest absolute Gasteiger partial charge is 0.0594 e. The van der Waals surface area contributed by atoms with E-state index >= 15 is 0 Å². The molecule has 1 aliphatic heterocycles. The number of benzene rings is 2. The zero-order chi connectivity index (χ0) is 12.8. The summed E-state index contributed by atoms with van der Waals surface area (Å²) < 4.78 is 0. The van der Waals surface area contributed by atoms with Crippen molar-refractivity contribution >= 4 is 0 Å². The minimum atomic E-state index is 0.108. The molecular formula is C17H18N2. The standard InChI is InChI=1S/C17H18N2/c1-3-7-14(8-4-1)16-11-12-17(13-16,19-18-16)15-9-5-2-6-10-15/h1-10,18-19H,11-13H2. The maximum absolute atomic E-state index is 3.58. The third kappa shape index (κ3) is 1.57. The highest BCUT2D eigenvalue weighted by atomic mass is 15.5. The fourth-order valence-corrected chi connectivity index (χ4v) is 3.72. The van der Waals surface area contributed by atoms with Crippen LogP contribution in [-0.2, 0) is 11.1 Å². The second kappa shape index (κ2) is 3.92. The van der Waals surface area contributed by atoms with Crippen molar-refractivity contribution in [3.8, 4) is 0 Å². The van der Waals surface area contributed by atoms with Gasteiger partial charge in [0.15, 0.2) is 0 Å². The Bertz CT molecular complexity index is 515. The number of fused-ring (bicyclic) bond motifs is 2. The van der Waals surface area contributed by atoms with E-state index in [1.807, 2.05) is 0 Å². The van der Waals surface area contributed by atoms with Crippen molar-refractivity contribution in [2.24, 2.45) is 0 Å². The van der Waals surface area contributed by atoms with Gasteiger partial charge in [-0.25, -0.2) is 10.9 Å². The molecule has 2 atom stereocenters. The number of hydrogen-bond acceptors (Lipinski definition) is 2. The van der Waals surface area contributed by atoms with Crippen LogP contribution in [-0.4, -0.2) is 0 Å². The molecule has 4 rings (SSSR count). The lowest BCUT2D eigenvalue weighted by molar-refractivity contribution is 0.280. The highest BCUT2D eigenvalue weighted by Crippen LogP contribution is 2.52. The molecule has 96 valence electrons. The molecule has 1 aliphatic carbocycles. The van der Waals surface area contributed by atoms with E-state index in [1.165, 1.54) is 24.0 Å². The first-order valence-corrected chi connectivity index (χ1v) is 6.99. The largest absolute Gasteiger partial charge is 0.246 e. The normalized spacial score (nSPS) is 32.6. The van der Waals surface area contributed by atoms with Crippen molar-refractivity contribution in [2.75, 3.05) is 0 Å². The summed E-state index contributed by atoms with van der Waals surface area (Å²) in [5, 5.41) is 0. The van der Waals surface area contributed by atoms with Crippen molar-refractivity contribution in [1.82, 2.24) is 10.9 Å². The Kier molecular flexibility index (Phi) is 2.32. The molecule has 1 saturated heterocycles. The molecule has 1 heterocycles. The highest BCUT2D eigenvalue weighted by molar-refractivity contribution is 5.36. The molecule has 0 spiro atoms. The molecular weight excluding hydrogens is 232 g/mol. The molecule has 2 unspecified atom stereocenters. The highest BCUT2D eigenvalue weighted by Gasteiger charge is 2.55. The van der Waals surface area contributed by atoms with Gasteiger partial charge in [-0.3, -0.25) is 0 Å². The average Bonchev–Trinajstić information content (AvgIpc) is 3.08. The first kappa shape index (κ1) is 11.2. The molecule has 2 aliphatic rings. The molecule has 2 aromatic rings. The molecule has 19 heavy (non-hydrogen) atoms. The van der Waals surface area contributed by atoms with Crippen molar-refractivity contribution in [3.63, 3.8) is 0 Å². The molecule has 2 aromatic carbocycles. The number of hydrazine groups is 1. The van der Waals surface area contributed by atoms with Crippen LogP contribution in [0.4, 0.5) is 0 Å². The maximum Gasteiger partial charge on any atom is 0.0594 e. The molecule has 0 amide bonds. The van der Waals surface area contributed by atoms with E-state index in [4.69, 9.17) is 0 Å². The zero-order valence-electron chi connectivity index (χ0n) is 10.9. The second-order valence-electron chi connectivity index (χ2n) is 5.82. The first-order chi connectivity index (χ1) is 9.33. The average molecular weight is 250 g/mol. The predicted molar refractivity (Wildman–Crippen MR) is 76.4 cm³/mol. The van der Waals surface area contributed by atoms with E-state index in [2.05, 4.69) is 71.5 Å². The summed E-state index contributed by atoms with van der Waals surface area (Å²) in [6.45, 7) is 0. The second-order valence-corrected chi connectivity index (χ2v) is 5.82. The fourth-order valence-electron chi connectivity index (χ4n) is 3.72. The summed E-state index contributed by atoms with van der Waals surface area (Å²) in [4.78, 5) is 0. The number of nitrogens with one attached hydrogen (secondary N) is 2. The van der Waals surface area contributed by atoms with Gasteiger partial charge in [-0.15, -0.1) is 0 Å². The van der Waals surface area contributed by atoms with Crippen LogP contribution >= 0.6 is 0 Å². The van der Waals surface area contributed by atoms with Gasteiger partial charge >= 0.3 is 0 Å². The van der Waals surface area contributed by atoms with Crippen molar-refractivity contribution in [1.29, 1.82) is 0 Å². The molecule has 2 nitrogen and oxygen atoms in total. The third-order valence-corrected chi connectivity index (χ3v) is 4.78. The third-order valence-electron chi connectivity index (χ3n) is 4.78. The Morgan fingerprint density at radius 2 is 1.05 bits per heavy atom. The van der Waals surface area contributed by atoms with Gasteiger partial charge in [0, 0.05) is 0 Å². The lowest BCUT2D eigenvalue weighted by Gasteiger charge is -2.31. The molecule has 2 N–H and O–H groups in total. The topological polar surface area (TPSA) is 24.1 Å². The van der Waals surface area contributed by atoms with Crippen LogP contribution in [0.15, 0.2) is 60.7 Å². The van der Waals surface area contributed by atoms with E-state index in [0.717, 1.165) is 6.42 Å². The summed E-state index contributed by atoms with van der Waals surface area (Å²) >= 11 is 0. The van der Waals surface area contributed by atoms with Gasteiger partial charge in [-0.05, 0) is 30.4 Å². The van der Waals surface area contributed by atoms with Crippen LogP contribution in [0.5, 0.6) is 0 Å². The summed E-state index contributed by atoms with van der Waals surface area (Å²) in [5.41, 5.74) is 10.2. The molecule has 2 fully saturated rings. The van der Waals surface area contributed by atoms with E-state index in [9.17, 15) is 0 Å². The molecule has 0 aromatic heterocycles.